The van der Waals surface area contributed by atoms with E-state index in [2.05, 4.69) is 15.0 Å². The minimum atomic E-state index is -0.491. The highest BCUT2D eigenvalue weighted by Crippen LogP contribution is 1.97. The number of benzene rings is 1. The summed E-state index contributed by atoms with van der Waals surface area (Å²) in [6, 6.07) is 8.57. The van der Waals surface area contributed by atoms with Gasteiger partial charge in [-0.1, -0.05) is 18.2 Å². The summed E-state index contributed by atoms with van der Waals surface area (Å²) < 4.78 is 4.67. The molecule has 96 valence electrons. The van der Waals surface area contributed by atoms with Crippen molar-refractivity contribution in [2.45, 2.75) is 6.92 Å². The topological polar surface area (TPSA) is 93.8 Å². The molecule has 18 heavy (non-hydrogen) atoms. The van der Waals surface area contributed by atoms with Gasteiger partial charge in [0, 0.05) is 5.56 Å². The van der Waals surface area contributed by atoms with E-state index in [1.807, 2.05) is 0 Å². The summed E-state index contributed by atoms with van der Waals surface area (Å²) in [4.78, 5) is 26.3. The maximum absolute atomic E-state index is 11.6. The highest BCUT2D eigenvalue weighted by atomic mass is 16.5. The maximum Gasteiger partial charge on any atom is 0.327 e. The zero-order chi connectivity index (χ0) is 13.4. The largest absolute Gasteiger partial charge is 0.465 e. The van der Waals surface area contributed by atoms with Crippen LogP contribution in [0.25, 0.3) is 0 Å². The molecule has 6 nitrogen and oxygen atoms in total. The van der Waals surface area contributed by atoms with Crippen LogP contribution in [0, 0.1) is 0 Å². The summed E-state index contributed by atoms with van der Waals surface area (Å²) in [7, 11) is 0. The minimum Gasteiger partial charge on any atom is -0.465 e. The van der Waals surface area contributed by atoms with Crippen LogP contribution < -0.4 is 11.1 Å². The molecule has 0 aromatic heterocycles. The lowest BCUT2D eigenvalue weighted by Gasteiger charge is -2.04. The van der Waals surface area contributed by atoms with E-state index in [9.17, 15) is 9.59 Å². The smallest absolute Gasteiger partial charge is 0.327 e. The lowest BCUT2D eigenvalue weighted by atomic mass is 10.2. The van der Waals surface area contributed by atoms with Crippen LogP contribution in [0.1, 0.15) is 17.3 Å². The third-order valence-corrected chi connectivity index (χ3v) is 1.96. The van der Waals surface area contributed by atoms with Crippen molar-refractivity contribution in [3.8, 4) is 0 Å². The first-order chi connectivity index (χ1) is 8.63. The van der Waals surface area contributed by atoms with Gasteiger partial charge in [-0.25, -0.2) is 4.99 Å². The van der Waals surface area contributed by atoms with Gasteiger partial charge in [0.05, 0.1) is 6.61 Å². The van der Waals surface area contributed by atoms with Crippen LogP contribution in [0.4, 0.5) is 0 Å². The molecular formula is C12H15N3O3. The van der Waals surface area contributed by atoms with Crippen LogP contribution in [0.15, 0.2) is 35.3 Å². The van der Waals surface area contributed by atoms with Crippen molar-refractivity contribution in [3.05, 3.63) is 35.9 Å². The van der Waals surface area contributed by atoms with E-state index < -0.39 is 5.97 Å². The number of ether oxygens (including phenoxy) is 1. The third kappa shape index (κ3) is 4.65. The molecule has 1 aromatic carbocycles. The predicted molar refractivity (Wildman–Crippen MR) is 67.0 cm³/mol. The van der Waals surface area contributed by atoms with Gasteiger partial charge in [-0.15, -0.1) is 0 Å². The highest BCUT2D eigenvalue weighted by molar-refractivity contribution is 6.05. The molecule has 0 bridgehead atoms. The van der Waals surface area contributed by atoms with Gasteiger partial charge in [-0.05, 0) is 19.1 Å². The molecule has 0 aliphatic rings. The van der Waals surface area contributed by atoms with Crippen molar-refractivity contribution in [1.82, 2.24) is 5.32 Å². The summed E-state index contributed by atoms with van der Waals surface area (Å²) >= 11 is 0. The molecule has 0 spiro atoms. The van der Waals surface area contributed by atoms with E-state index in [1.54, 1.807) is 37.3 Å². The van der Waals surface area contributed by atoms with E-state index in [0.717, 1.165) is 0 Å². The average molecular weight is 249 g/mol. The second-order valence-corrected chi connectivity index (χ2v) is 3.33. The van der Waals surface area contributed by atoms with Crippen molar-refractivity contribution >= 4 is 17.8 Å². The number of nitrogens with one attached hydrogen (secondary N) is 1. The van der Waals surface area contributed by atoms with Gasteiger partial charge in [0.15, 0.2) is 5.96 Å². The summed E-state index contributed by atoms with van der Waals surface area (Å²) in [5.41, 5.74) is 5.93. The fraction of sp³-hybridized carbons (Fsp3) is 0.250. The molecule has 3 N–H and O–H groups in total. The van der Waals surface area contributed by atoms with Gasteiger partial charge in [-0.3, -0.25) is 14.9 Å². The molecule has 0 saturated heterocycles. The zero-order valence-corrected chi connectivity index (χ0v) is 10.1. The van der Waals surface area contributed by atoms with Crippen molar-refractivity contribution < 1.29 is 14.3 Å². The molecule has 0 aliphatic heterocycles. The number of aliphatic imine (C=N–C) groups is 1. The molecule has 0 heterocycles. The van der Waals surface area contributed by atoms with Crippen molar-refractivity contribution in [3.63, 3.8) is 0 Å². The van der Waals surface area contributed by atoms with E-state index in [-0.39, 0.29) is 25.0 Å². The molecule has 1 aromatic rings. The summed E-state index contributed by atoms with van der Waals surface area (Å²) in [5.74, 6) is -0.980. The first-order valence-corrected chi connectivity index (χ1v) is 5.45. The number of nitrogens with two attached hydrogens (primary N) is 1. The Morgan fingerprint density at radius 2 is 2.00 bits per heavy atom. The summed E-state index contributed by atoms with van der Waals surface area (Å²) in [6.07, 6.45) is 0. The quantitative estimate of drug-likeness (QED) is 0.455. The molecule has 0 aliphatic carbocycles. The average Bonchev–Trinajstić information content (AvgIpc) is 2.38. The number of rotatable bonds is 4. The number of carbonyl (C=O) groups excluding carboxylic acids is 2. The minimum absolute atomic E-state index is 0.114. The number of carbonyl (C=O) groups is 2. The van der Waals surface area contributed by atoms with E-state index in [0.29, 0.717) is 5.56 Å². The zero-order valence-electron chi connectivity index (χ0n) is 10.1. The van der Waals surface area contributed by atoms with Gasteiger partial charge < -0.3 is 10.5 Å². The van der Waals surface area contributed by atoms with Gasteiger partial charge in [0.2, 0.25) is 0 Å². The Labute approximate surface area is 105 Å². The van der Waals surface area contributed by atoms with Gasteiger partial charge in [0.25, 0.3) is 5.91 Å². The molecule has 6 heteroatoms. The molecule has 0 radical (unpaired) electrons. The first-order valence-electron chi connectivity index (χ1n) is 5.45. The van der Waals surface area contributed by atoms with Crippen LogP contribution >= 0.6 is 0 Å². The van der Waals surface area contributed by atoms with Gasteiger partial charge >= 0.3 is 5.97 Å². The fourth-order valence-corrected chi connectivity index (χ4v) is 1.17. The summed E-state index contributed by atoms with van der Waals surface area (Å²) in [5, 5.41) is 2.37. The number of guanidine groups is 1. The van der Waals surface area contributed by atoms with Crippen molar-refractivity contribution in [2.24, 2.45) is 10.7 Å². The highest BCUT2D eigenvalue weighted by Gasteiger charge is 2.06. The summed E-state index contributed by atoms with van der Waals surface area (Å²) in [6.45, 7) is 1.77. The van der Waals surface area contributed by atoms with Gasteiger partial charge in [0.1, 0.15) is 6.54 Å². The van der Waals surface area contributed by atoms with Crippen molar-refractivity contribution in [2.75, 3.05) is 13.2 Å². The number of amides is 1. The normalized spacial score (nSPS) is 10.8. The van der Waals surface area contributed by atoms with E-state index >= 15 is 0 Å². The molecule has 0 unspecified atom stereocenters. The Kier molecular flexibility index (Phi) is 5.37. The van der Waals surface area contributed by atoms with Crippen molar-refractivity contribution in [1.29, 1.82) is 0 Å². The van der Waals surface area contributed by atoms with E-state index in [1.165, 1.54) is 0 Å². The number of nitrogens with zero attached hydrogens (tertiary/aromatic N) is 1. The standard InChI is InChI=1S/C12H15N3O3/c1-2-18-10(16)8-14-12(13)15-11(17)9-6-4-3-5-7-9/h3-7H,2,8H2,1H3,(H3,13,14,15,17). The number of hydrogen-bond donors (Lipinski definition) is 2. The molecule has 0 fully saturated rings. The molecule has 1 amide bonds. The van der Waals surface area contributed by atoms with Crippen LogP contribution in [-0.2, 0) is 9.53 Å². The van der Waals surface area contributed by atoms with Crippen LogP contribution in [-0.4, -0.2) is 31.0 Å². The van der Waals surface area contributed by atoms with Crippen LogP contribution in [0.3, 0.4) is 0 Å². The molecular weight excluding hydrogens is 234 g/mol. The Hall–Kier alpha value is -2.37. The number of esters is 1. The predicted octanol–water partition coefficient (Wildman–Crippen LogP) is 0.294. The monoisotopic (exact) mass is 249 g/mol. The second kappa shape index (κ2) is 7.05. The lowest BCUT2D eigenvalue weighted by molar-refractivity contribution is -0.141. The lowest BCUT2D eigenvalue weighted by Crippen LogP contribution is -2.37. The number of hydrogen-bond acceptors (Lipinski definition) is 4. The maximum atomic E-state index is 11.6. The van der Waals surface area contributed by atoms with E-state index in [4.69, 9.17) is 5.73 Å². The Balaban J connectivity index is 2.49. The Bertz CT molecular complexity index is 443. The second-order valence-electron chi connectivity index (χ2n) is 3.33. The molecule has 0 atom stereocenters. The fourth-order valence-electron chi connectivity index (χ4n) is 1.17. The van der Waals surface area contributed by atoms with Crippen LogP contribution in [0.2, 0.25) is 0 Å². The van der Waals surface area contributed by atoms with Gasteiger partial charge in [-0.2, -0.15) is 0 Å². The Morgan fingerprint density at radius 3 is 2.61 bits per heavy atom. The SMILES string of the molecule is CCOC(=O)CN=C(N)NC(=O)c1ccccc1. The third-order valence-electron chi connectivity index (χ3n) is 1.96. The molecule has 1 rings (SSSR count). The first kappa shape index (κ1) is 13.7. The van der Waals surface area contributed by atoms with Crippen LogP contribution in [0.5, 0.6) is 0 Å². The molecule has 0 saturated carbocycles. The Morgan fingerprint density at radius 1 is 1.33 bits per heavy atom.